The smallest absolute Gasteiger partial charge is 0.291 e. The molecule has 0 aliphatic carbocycles. The second-order valence-electron chi connectivity index (χ2n) is 6.48. The van der Waals surface area contributed by atoms with Crippen molar-refractivity contribution >= 4 is 38.4 Å². The van der Waals surface area contributed by atoms with Gasteiger partial charge in [0.25, 0.3) is 5.56 Å². The van der Waals surface area contributed by atoms with Crippen LogP contribution in [0.4, 0.5) is 5.82 Å². The molecule has 0 aliphatic heterocycles. The summed E-state index contributed by atoms with van der Waals surface area (Å²) in [6.07, 6.45) is 5.23. The molecule has 2 N–H and O–H groups in total. The lowest BCUT2D eigenvalue weighted by atomic mass is 10.3. The third-order valence-electron chi connectivity index (χ3n) is 4.59. The van der Waals surface area contributed by atoms with E-state index in [-0.39, 0.29) is 5.56 Å². The molecule has 0 fully saturated rings. The molecule has 0 unspecified atom stereocenters. The quantitative estimate of drug-likeness (QED) is 0.405. The number of nitrogens with one attached hydrogen (secondary N) is 2. The summed E-state index contributed by atoms with van der Waals surface area (Å²) in [7, 11) is 3.39. The van der Waals surface area contributed by atoms with Crippen molar-refractivity contribution in [2.75, 3.05) is 12.6 Å². The fourth-order valence-electron chi connectivity index (χ4n) is 3.29. The Morgan fingerprint density at radius 2 is 2.21 bits per heavy atom. The van der Waals surface area contributed by atoms with E-state index in [4.69, 9.17) is 9.82 Å². The number of anilines is 1. The highest BCUT2D eigenvalue weighted by Crippen LogP contribution is 2.31. The van der Waals surface area contributed by atoms with Crippen LogP contribution in [0.5, 0.6) is 0 Å². The van der Waals surface area contributed by atoms with Crippen LogP contribution in [0.3, 0.4) is 0 Å². The second-order valence-corrected chi connectivity index (χ2v) is 7.56. The first-order valence-electron chi connectivity index (χ1n) is 8.78. The molecule has 29 heavy (non-hydrogen) atoms. The largest absolute Gasteiger partial charge is 0.323 e. The Morgan fingerprint density at radius 3 is 3.00 bits per heavy atom. The van der Waals surface area contributed by atoms with E-state index < -0.39 is 0 Å². The van der Waals surface area contributed by atoms with E-state index in [1.807, 2.05) is 29.9 Å². The molecular formula is C17H17N9O2S. The molecule has 0 aromatic carbocycles. The van der Waals surface area contributed by atoms with Crippen LogP contribution in [0.25, 0.3) is 21.3 Å². The Labute approximate surface area is 167 Å². The summed E-state index contributed by atoms with van der Waals surface area (Å²) >= 11 is 1.54. The summed E-state index contributed by atoms with van der Waals surface area (Å²) in [5.74, 6) is 0.626. The molecule has 5 rings (SSSR count). The van der Waals surface area contributed by atoms with E-state index in [1.54, 1.807) is 17.1 Å². The average molecular weight is 411 g/mol. The van der Waals surface area contributed by atoms with Gasteiger partial charge in [0.05, 0.1) is 36.8 Å². The number of thiazole rings is 1. The van der Waals surface area contributed by atoms with Gasteiger partial charge in [0.1, 0.15) is 10.5 Å². The number of aromatic nitrogens is 8. The van der Waals surface area contributed by atoms with Gasteiger partial charge in [-0.1, -0.05) is 0 Å². The Balaban J connectivity index is 1.52. The van der Waals surface area contributed by atoms with Crippen LogP contribution in [0.1, 0.15) is 10.7 Å². The SMILES string of the molecule is CONc1ccn(Cc2nc3c(s2)c2cnn(Cc4ccn[nH]4)c(=O)c2n3C)n1. The predicted molar refractivity (Wildman–Crippen MR) is 108 cm³/mol. The van der Waals surface area contributed by atoms with Gasteiger partial charge in [-0.15, -0.1) is 11.3 Å². The predicted octanol–water partition coefficient (Wildman–Crippen LogP) is 1.33. The van der Waals surface area contributed by atoms with E-state index in [0.717, 1.165) is 26.4 Å². The number of H-pyrrole nitrogens is 1. The van der Waals surface area contributed by atoms with Gasteiger partial charge >= 0.3 is 0 Å². The summed E-state index contributed by atoms with van der Waals surface area (Å²) in [4.78, 5) is 22.6. The van der Waals surface area contributed by atoms with Gasteiger partial charge in [-0.2, -0.15) is 15.3 Å². The number of nitrogens with zero attached hydrogens (tertiary/aromatic N) is 7. The van der Waals surface area contributed by atoms with Gasteiger partial charge < -0.3 is 4.57 Å². The number of hydrogen-bond acceptors (Lipinski definition) is 8. The molecule has 5 aromatic heterocycles. The highest BCUT2D eigenvalue weighted by molar-refractivity contribution is 7.19. The molecule has 0 saturated carbocycles. The maximum absolute atomic E-state index is 13.0. The fraction of sp³-hybridized carbons (Fsp3) is 0.235. The van der Waals surface area contributed by atoms with E-state index in [9.17, 15) is 4.79 Å². The molecule has 0 amide bonds. The van der Waals surface area contributed by atoms with Crippen LogP contribution in [0.2, 0.25) is 0 Å². The summed E-state index contributed by atoms with van der Waals surface area (Å²) in [6.45, 7) is 0.861. The summed E-state index contributed by atoms with van der Waals surface area (Å²) in [5.41, 5.74) is 4.70. The van der Waals surface area contributed by atoms with Gasteiger partial charge in [-0.05, 0) is 6.07 Å². The van der Waals surface area contributed by atoms with E-state index in [1.165, 1.54) is 23.1 Å². The third kappa shape index (κ3) is 2.98. The van der Waals surface area contributed by atoms with Gasteiger partial charge in [-0.3, -0.25) is 19.4 Å². The number of hydrogen-bond donors (Lipinski definition) is 2. The Hall–Kier alpha value is -3.51. The minimum absolute atomic E-state index is 0.159. The van der Waals surface area contributed by atoms with Gasteiger partial charge in [0.2, 0.25) is 0 Å². The monoisotopic (exact) mass is 411 g/mol. The Bertz CT molecular complexity index is 1360. The second kappa shape index (κ2) is 6.83. The summed E-state index contributed by atoms with van der Waals surface area (Å²) in [5, 5.41) is 17.2. The Kier molecular flexibility index (Phi) is 4.14. The molecule has 11 nitrogen and oxygen atoms in total. The van der Waals surface area contributed by atoms with Crippen molar-refractivity contribution in [2.24, 2.45) is 7.05 Å². The molecule has 0 radical (unpaired) electrons. The molecule has 148 valence electrons. The molecule has 5 heterocycles. The van der Waals surface area contributed by atoms with Crippen LogP contribution in [-0.2, 0) is 25.0 Å². The van der Waals surface area contributed by atoms with Crippen molar-refractivity contribution in [3.63, 3.8) is 0 Å². The zero-order valence-corrected chi connectivity index (χ0v) is 16.5. The maximum Gasteiger partial charge on any atom is 0.291 e. The number of fused-ring (bicyclic) bond motifs is 3. The highest BCUT2D eigenvalue weighted by atomic mass is 32.1. The highest BCUT2D eigenvalue weighted by Gasteiger charge is 2.18. The molecule has 0 saturated heterocycles. The topological polar surface area (TPSA) is 120 Å². The van der Waals surface area contributed by atoms with Crippen LogP contribution in [0, 0.1) is 0 Å². The van der Waals surface area contributed by atoms with Gasteiger partial charge in [-0.25, -0.2) is 15.1 Å². The van der Waals surface area contributed by atoms with Crippen molar-refractivity contribution in [3.8, 4) is 0 Å². The zero-order valence-electron chi connectivity index (χ0n) is 15.7. The van der Waals surface area contributed by atoms with E-state index in [0.29, 0.717) is 24.4 Å². The molecule has 0 spiro atoms. The van der Waals surface area contributed by atoms with Crippen molar-refractivity contribution in [1.82, 2.24) is 39.3 Å². The van der Waals surface area contributed by atoms with Gasteiger partial charge in [0.15, 0.2) is 11.5 Å². The standard InChI is InChI=1S/C17H17N9O2S/c1-24-14-11(7-19-26(17(14)27)8-10-3-5-18-21-10)15-16(24)20-13(29-15)9-25-6-4-12(22-25)23-28-2/h3-7H,8-9H2,1-2H3,(H,18,21)(H,22,23). The first kappa shape index (κ1) is 17.6. The molecule has 0 atom stereocenters. The summed E-state index contributed by atoms with van der Waals surface area (Å²) in [6, 6.07) is 3.64. The zero-order chi connectivity index (χ0) is 20.0. The van der Waals surface area contributed by atoms with Crippen molar-refractivity contribution < 1.29 is 4.84 Å². The minimum atomic E-state index is -0.159. The normalized spacial score (nSPS) is 11.7. The molecule has 0 bridgehead atoms. The average Bonchev–Trinajstić information content (AvgIpc) is 3.47. The van der Waals surface area contributed by atoms with Crippen LogP contribution >= 0.6 is 11.3 Å². The van der Waals surface area contributed by atoms with Crippen molar-refractivity contribution in [1.29, 1.82) is 0 Å². The first-order chi connectivity index (χ1) is 14.1. The summed E-state index contributed by atoms with van der Waals surface area (Å²) < 4.78 is 5.97. The number of rotatable bonds is 6. The van der Waals surface area contributed by atoms with E-state index >= 15 is 0 Å². The van der Waals surface area contributed by atoms with Crippen LogP contribution in [-0.4, -0.2) is 46.4 Å². The number of aryl methyl sites for hydroxylation is 1. The lowest BCUT2D eigenvalue weighted by Gasteiger charge is -2.04. The lowest BCUT2D eigenvalue weighted by Crippen LogP contribution is -2.24. The van der Waals surface area contributed by atoms with Gasteiger partial charge in [0, 0.05) is 30.9 Å². The first-order valence-corrected chi connectivity index (χ1v) is 9.60. The Morgan fingerprint density at radius 1 is 1.31 bits per heavy atom. The molecular weight excluding hydrogens is 394 g/mol. The van der Waals surface area contributed by atoms with Crippen LogP contribution < -0.4 is 11.0 Å². The maximum atomic E-state index is 13.0. The molecule has 12 heteroatoms. The fourth-order valence-corrected chi connectivity index (χ4v) is 4.39. The third-order valence-corrected chi connectivity index (χ3v) is 5.66. The lowest BCUT2D eigenvalue weighted by molar-refractivity contribution is 0.268. The van der Waals surface area contributed by atoms with Crippen molar-refractivity contribution in [2.45, 2.75) is 13.1 Å². The van der Waals surface area contributed by atoms with E-state index in [2.05, 4.69) is 25.9 Å². The molecule has 5 aromatic rings. The van der Waals surface area contributed by atoms with Crippen molar-refractivity contribution in [3.05, 3.63) is 51.8 Å². The van der Waals surface area contributed by atoms with Crippen LogP contribution in [0.15, 0.2) is 35.5 Å². The molecule has 0 aliphatic rings. The number of aromatic amines is 1. The minimum Gasteiger partial charge on any atom is -0.323 e.